The molecule has 0 aliphatic heterocycles. The molecule has 1 aromatic carbocycles. The summed E-state index contributed by atoms with van der Waals surface area (Å²) >= 11 is 6.19. The molecule has 10 heteroatoms. The molecule has 1 aromatic heterocycles. The number of carbonyl (C=O) groups excluding carboxylic acids is 2. The monoisotopic (exact) mass is 461 g/mol. The standard InChI is InChI=1S/C22H24ClN3O6/c23-16-9-5-4-6-13(16)11-26-12-15(20(30)25-14-7-2-1-3-8-14)19(29)18(22(26)32)21(31)24-10-17(27)28/h4-6,9,12,14,29H,1-3,7-8,10-11H2,(H,24,31)(H,25,30)(H,27,28). The maximum atomic E-state index is 13.0. The molecular weight excluding hydrogens is 438 g/mol. The second-order valence-electron chi connectivity index (χ2n) is 7.68. The SMILES string of the molecule is O=C(O)CNC(=O)c1c(O)c(C(=O)NC2CCCCC2)cn(Cc2ccccc2Cl)c1=O. The number of carboxylic acid groups (broad SMARTS) is 1. The molecule has 0 spiro atoms. The number of benzene rings is 1. The van der Waals surface area contributed by atoms with Gasteiger partial charge in [0.25, 0.3) is 17.4 Å². The predicted molar refractivity (Wildman–Crippen MR) is 117 cm³/mol. The fourth-order valence-corrected chi connectivity index (χ4v) is 3.90. The average molecular weight is 462 g/mol. The Bertz CT molecular complexity index is 1090. The summed E-state index contributed by atoms with van der Waals surface area (Å²) in [6.45, 7) is -0.803. The van der Waals surface area contributed by atoms with Crippen LogP contribution < -0.4 is 16.2 Å². The number of amides is 2. The largest absolute Gasteiger partial charge is 0.506 e. The highest BCUT2D eigenvalue weighted by Crippen LogP contribution is 2.23. The first kappa shape index (κ1) is 23.3. The molecule has 1 fully saturated rings. The molecule has 32 heavy (non-hydrogen) atoms. The van der Waals surface area contributed by atoms with E-state index in [9.17, 15) is 24.3 Å². The Morgan fingerprint density at radius 2 is 1.78 bits per heavy atom. The third-order valence-electron chi connectivity index (χ3n) is 5.36. The first-order valence-electron chi connectivity index (χ1n) is 10.3. The number of aromatic nitrogens is 1. The van der Waals surface area contributed by atoms with E-state index in [2.05, 4.69) is 10.6 Å². The third-order valence-corrected chi connectivity index (χ3v) is 5.73. The maximum Gasteiger partial charge on any atom is 0.322 e. The summed E-state index contributed by atoms with van der Waals surface area (Å²) in [5, 5.41) is 24.8. The van der Waals surface area contributed by atoms with Crippen LogP contribution in [-0.4, -0.2) is 45.2 Å². The van der Waals surface area contributed by atoms with Crippen LogP contribution in [0.5, 0.6) is 5.75 Å². The number of halogens is 1. The topological polar surface area (TPSA) is 138 Å². The second kappa shape index (κ2) is 10.3. The first-order chi connectivity index (χ1) is 15.3. The highest BCUT2D eigenvalue weighted by Gasteiger charge is 2.27. The van der Waals surface area contributed by atoms with Gasteiger partial charge in [-0.3, -0.25) is 19.2 Å². The smallest absolute Gasteiger partial charge is 0.322 e. The van der Waals surface area contributed by atoms with Gasteiger partial charge in [-0.05, 0) is 24.5 Å². The van der Waals surface area contributed by atoms with Crippen molar-refractivity contribution in [1.82, 2.24) is 15.2 Å². The molecule has 2 aromatic rings. The Morgan fingerprint density at radius 1 is 1.09 bits per heavy atom. The molecule has 0 bridgehead atoms. The lowest BCUT2D eigenvalue weighted by Crippen LogP contribution is -2.39. The molecule has 170 valence electrons. The fraction of sp³-hybridized carbons (Fsp3) is 0.364. The van der Waals surface area contributed by atoms with Crippen molar-refractivity contribution < 1.29 is 24.6 Å². The second-order valence-corrected chi connectivity index (χ2v) is 8.08. The average Bonchev–Trinajstić information content (AvgIpc) is 2.76. The van der Waals surface area contributed by atoms with Gasteiger partial charge in [-0.2, -0.15) is 0 Å². The van der Waals surface area contributed by atoms with Crippen LogP contribution in [-0.2, 0) is 11.3 Å². The van der Waals surface area contributed by atoms with Gasteiger partial charge in [-0.25, -0.2) is 0 Å². The van der Waals surface area contributed by atoms with Crippen LogP contribution in [0.15, 0.2) is 35.3 Å². The molecule has 1 aliphatic carbocycles. The lowest BCUT2D eigenvalue weighted by Gasteiger charge is -2.23. The van der Waals surface area contributed by atoms with Gasteiger partial charge in [-0.1, -0.05) is 49.1 Å². The minimum Gasteiger partial charge on any atom is -0.506 e. The van der Waals surface area contributed by atoms with Gasteiger partial charge in [0.15, 0.2) is 0 Å². The number of aliphatic carboxylic acids is 1. The molecule has 9 nitrogen and oxygen atoms in total. The third kappa shape index (κ3) is 5.47. The molecule has 0 radical (unpaired) electrons. The van der Waals surface area contributed by atoms with Crippen LogP contribution in [0.4, 0.5) is 0 Å². The van der Waals surface area contributed by atoms with E-state index in [1.807, 2.05) is 0 Å². The summed E-state index contributed by atoms with van der Waals surface area (Å²) in [5.74, 6) is -3.81. The summed E-state index contributed by atoms with van der Waals surface area (Å²) in [6.07, 6.45) is 5.84. The van der Waals surface area contributed by atoms with E-state index >= 15 is 0 Å². The van der Waals surface area contributed by atoms with Crippen LogP contribution in [0.1, 0.15) is 58.4 Å². The molecule has 1 saturated carbocycles. The van der Waals surface area contributed by atoms with E-state index in [1.165, 1.54) is 6.20 Å². The van der Waals surface area contributed by atoms with Crippen molar-refractivity contribution >= 4 is 29.4 Å². The minimum atomic E-state index is -1.32. The van der Waals surface area contributed by atoms with Gasteiger partial charge < -0.3 is 25.4 Å². The van der Waals surface area contributed by atoms with Crippen LogP contribution in [0, 0.1) is 0 Å². The molecule has 1 aliphatic rings. The number of hydrogen-bond donors (Lipinski definition) is 4. The minimum absolute atomic E-state index is 0.0539. The van der Waals surface area contributed by atoms with Crippen molar-refractivity contribution in [2.45, 2.75) is 44.7 Å². The summed E-state index contributed by atoms with van der Waals surface area (Å²) in [6, 6.07) is 6.71. The van der Waals surface area contributed by atoms with Gasteiger partial charge >= 0.3 is 5.97 Å². The number of aromatic hydroxyl groups is 1. The molecule has 0 unspecified atom stereocenters. The van der Waals surface area contributed by atoms with E-state index in [4.69, 9.17) is 16.7 Å². The van der Waals surface area contributed by atoms with E-state index < -0.39 is 41.2 Å². The molecule has 0 saturated heterocycles. The molecule has 2 amide bonds. The summed E-state index contributed by atoms with van der Waals surface area (Å²) in [5.41, 5.74) is -1.26. The molecule has 4 N–H and O–H groups in total. The summed E-state index contributed by atoms with van der Waals surface area (Å²) in [7, 11) is 0. The van der Waals surface area contributed by atoms with E-state index in [1.54, 1.807) is 24.3 Å². The number of nitrogens with zero attached hydrogens (tertiary/aromatic N) is 1. The van der Waals surface area contributed by atoms with Gasteiger partial charge in [0, 0.05) is 17.3 Å². The quantitative estimate of drug-likeness (QED) is 0.498. The lowest BCUT2D eigenvalue weighted by atomic mass is 9.95. The normalized spacial score (nSPS) is 14.0. The van der Waals surface area contributed by atoms with Crippen molar-refractivity contribution in [2.24, 2.45) is 0 Å². The Kier molecular flexibility index (Phi) is 7.53. The lowest BCUT2D eigenvalue weighted by molar-refractivity contribution is -0.135. The van der Waals surface area contributed by atoms with Crippen LogP contribution in [0.2, 0.25) is 5.02 Å². The summed E-state index contributed by atoms with van der Waals surface area (Å²) < 4.78 is 1.10. The Labute approximate surface area is 189 Å². The fourth-order valence-electron chi connectivity index (χ4n) is 3.71. The number of rotatable bonds is 7. The molecule has 0 atom stereocenters. The number of hydrogen-bond acceptors (Lipinski definition) is 5. The number of carbonyl (C=O) groups is 3. The van der Waals surface area contributed by atoms with Gasteiger partial charge in [0.1, 0.15) is 17.9 Å². The zero-order valence-corrected chi connectivity index (χ0v) is 18.0. The number of nitrogens with one attached hydrogen (secondary N) is 2. The maximum absolute atomic E-state index is 13.0. The zero-order valence-electron chi connectivity index (χ0n) is 17.3. The Balaban J connectivity index is 2.02. The van der Waals surface area contributed by atoms with E-state index in [-0.39, 0.29) is 18.2 Å². The van der Waals surface area contributed by atoms with E-state index in [0.717, 1.165) is 36.7 Å². The number of pyridine rings is 1. The van der Waals surface area contributed by atoms with Crippen molar-refractivity contribution in [3.05, 3.63) is 62.5 Å². The van der Waals surface area contributed by atoms with Crippen molar-refractivity contribution in [3.8, 4) is 5.75 Å². The van der Waals surface area contributed by atoms with Crippen LogP contribution in [0.25, 0.3) is 0 Å². The molecule has 3 rings (SSSR count). The highest BCUT2D eigenvalue weighted by molar-refractivity contribution is 6.31. The van der Waals surface area contributed by atoms with Crippen molar-refractivity contribution in [3.63, 3.8) is 0 Å². The van der Waals surface area contributed by atoms with Crippen LogP contribution in [0.3, 0.4) is 0 Å². The Hall–Kier alpha value is -3.33. The Morgan fingerprint density at radius 3 is 2.44 bits per heavy atom. The first-order valence-corrected chi connectivity index (χ1v) is 10.7. The molecule has 1 heterocycles. The highest BCUT2D eigenvalue weighted by atomic mass is 35.5. The summed E-state index contributed by atoms with van der Waals surface area (Å²) in [4.78, 5) is 49.2. The van der Waals surface area contributed by atoms with Gasteiger partial charge in [-0.15, -0.1) is 0 Å². The van der Waals surface area contributed by atoms with E-state index in [0.29, 0.717) is 10.6 Å². The molecular formula is C22H24ClN3O6. The van der Waals surface area contributed by atoms with Gasteiger partial charge in [0.05, 0.1) is 12.1 Å². The van der Waals surface area contributed by atoms with Crippen LogP contribution >= 0.6 is 11.6 Å². The van der Waals surface area contributed by atoms with Crippen molar-refractivity contribution in [1.29, 1.82) is 0 Å². The van der Waals surface area contributed by atoms with Crippen molar-refractivity contribution in [2.75, 3.05) is 6.54 Å². The van der Waals surface area contributed by atoms with Gasteiger partial charge in [0.2, 0.25) is 0 Å². The number of carboxylic acids is 1. The predicted octanol–water partition coefficient (Wildman–Crippen LogP) is 2.13. The zero-order chi connectivity index (χ0) is 23.3.